The second kappa shape index (κ2) is 6.34. The number of rotatable bonds is 4. The Balaban J connectivity index is 1.66. The predicted molar refractivity (Wildman–Crippen MR) is 81.8 cm³/mol. The Kier molecular flexibility index (Phi) is 4.48. The summed E-state index contributed by atoms with van der Waals surface area (Å²) in [6.45, 7) is 4.80. The number of hydrogen-bond donors (Lipinski definition) is 1. The van der Waals surface area contributed by atoms with Crippen LogP contribution in [0.5, 0.6) is 5.75 Å². The largest absolute Gasteiger partial charge is 0.496 e. The molecule has 0 radical (unpaired) electrons. The number of aliphatic hydroxyl groups excluding tert-OH is 1. The zero-order chi connectivity index (χ0) is 14.8. The minimum absolute atomic E-state index is 0.0930. The van der Waals surface area contributed by atoms with Crippen molar-refractivity contribution in [1.82, 2.24) is 4.90 Å². The van der Waals surface area contributed by atoms with Gasteiger partial charge in [-0.1, -0.05) is 17.7 Å². The first kappa shape index (κ1) is 14.8. The van der Waals surface area contributed by atoms with Crippen LogP contribution in [0.2, 0.25) is 0 Å². The third kappa shape index (κ3) is 3.23. The molecule has 21 heavy (non-hydrogen) atoms. The topological polar surface area (TPSA) is 41.9 Å². The third-order valence-corrected chi connectivity index (χ3v) is 4.71. The first-order valence-corrected chi connectivity index (χ1v) is 7.84. The molecule has 0 spiro atoms. The maximum absolute atomic E-state index is 10.6. The summed E-state index contributed by atoms with van der Waals surface area (Å²) in [4.78, 5) is 2.46. The molecule has 3 unspecified atom stereocenters. The van der Waals surface area contributed by atoms with E-state index < -0.39 is 6.10 Å². The van der Waals surface area contributed by atoms with Crippen molar-refractivity contribution in [3.63, 3.8) is 0 Å². The molecular formula is C17H25NO3. The van der Waals surface area contributed by atoms with E-state index in [-0.39, 0.29) is 6.10 Å². The van der Waals surface area contributed by atoms with E-state index in [2.05, 4.69) is 17.9 Å². The van der Waals surface area contributed by atoms with Crippen LogP contribution < -0.4 is 4.74 Å². The van der Waals surface area contributed by atoms with E-state index >= 15 is 0 Å². The predicted octanol–water partition coefficient (Wildman–Crippen LogP) is 1.77. The van der Waals surface area contributed by atoms with Gasteiger partial charge in [-0.3, -0.25) is 4.90 Å². The van der Waals surface area contributed by atoms with Crippen molar-refractivity contribution >= 4 is 0 Å². The molecule has 0 saturated carbocycles. The van der Waals surface area contributed by atoms with Crippen molar-refractivity contribution in [3.8, 4) is 5.75 Å². The molecule has 3 rings (SSSR count). The number of hydrogen-bond acceptors (Lipinski definition) is 4. The van der Waals surface area contributed by atoms with Crippen LogP contribution in [0, 0.1) is 6.92 Å². The molecule has 0 amide bonds. The van der Waals surface area contributed by atoms with Crippen LogP contribution in [0.4, 0.5) is 0 Å². The minimum atomic E-state index is -0.484. The molecule has 2 fully saturated rings. The molecule has 2 saturated heterocycles. The monoisotopic (exact) mass is 291 g/mol. The lowest BCUT2D eigenvalue weighted by Gasteiger charge is -2.37. The van der Waals surface area contributed by atoms with Crippen LogP contribution in [-0.2, 0) is 11.2 Å². The number of morpholine rings is 1. The molecule has 0 aromatic heterocycles. The van der Waals surface area contributed by atoms with Gasteiger partial charge in [0, 0.05) is 19.0 Å². The number of benzene rings is 1. The molecule has 0 bridgehead atoms. The smallest absolute Gasteiger partial charge is 0.122 e. The first-order valence-electron chi connectivity index (χ1n) is 7.84. The molecule has 3 atom stereocenters. The fourth-order valence-corrected chi connectivity index (χ4v) is 3.50. The van der Waals surface area contributed by atoms with Crippen LogP contribution in [0.25, 0.3) is 0 Å². The lowest BCUT2D eigenvalue weighted by atomic mass is 9.99. The Labute approximate surface area is 126 Å². The van der Waals surface area contributed by atoms with Crippen LogP contribution in [0.3, 0.4) is 0 Å². The van der Waals surface area contributed by atoms with E-state index in [1.165, 1.54) is 18.4 Å². The Bertz CT molecular complexity index is 491. The van der Waals surface area contributed by atoms with E-state index in [1.54, 1.807) is 7.11 Å². The summed E-state index contributed by atoms with van der Waals surface area (Å²) in [6.07, 6.45) is 2.48. The standard InChI is InChI=1S/C17H25NO3/c1-12-5-6-16(20-2)13(8-12)9-15(19)17-10-18-7-3-4-14(18)11-21-17/h5-6,8,14-15,17,19H,3-4,7,9-11H2,1-2H3. The van der Waals surface area contributed by atoms with Gasteiger partial charge in [-0.15, -0.1) is 0 Å². The number of fused-ring (bicyclic) bond motifs is 1. The summed E-state index contributed by atoms with van der Waals surface area (Å²) < 4.78 is 11.3. The molecule has 2 aliphatic rings. The molecule has 4 heteroatoms. The van der Waals surface area contributed by atoms with Crippen molar-refractivity contribution in [3.05, 3.63) is 29.3 Å². The second-order valence-corrected chi connectivity index (χ2v) is 6.25. The van der Waals surface area contributed by atoms with Crippen LogP contribution in [0.1, 0.15) is 24.0 Å². The molecule has 2 aliphatic heterocycles. The number of methoxy groups -OCH3 is 1. The zero-order valence-corrected chi connectivity index (χ0v) is 12.9. The van der Waals surface area contributed by atoms with E-state index in [0.717, 1.165) is 31.0 Å². The van der Waals surface area contributed by atoms with Crippen molar-refractivity contribution in [2.75, 3.05) is 26.8 Å². The van der Waals surface area contributed by atoms with E-state index in [1.807, 2.05) is 12.1 Å². The summed E-state index contributed by atoms with van der Waals surface area (Å²) in [5, 5.41) is 10.6. The highest BCUT2D eigenvalue weighted by atomic mass is 16.5. The highest BCUT2D eigenvalue weighted by Gasteiger charge is 2.35. The van der Waals surface area contributed by atoms with Crippen molar-refractivity contribution in [2.24, 2.45) is 0 Å². The Morgan fingerprint density at radius 3 is 3.14 bits per heavy atom. The lowest BCUT2D eigenvalue weighted by molar-refractivity contribution is -0.101. The molecule has 1 aromatic rings. The fraction of sp³-hybridized carbons (Fsp3) is 0.647. The molecule has 116 valence electrons. The third-order valence-electron chi connectivity index (χ3n) is 4.71. The number of aryl methyl sites for hydroxylation is 1. The van der Waals surface area contributed by atoms with Gasteiger partial charge in [0.15, 0.2) is 0 Å². The van der Waals surface area contributed by atoms with Crippen molar-refractivity contribution < 1.29 is 14.6 Å². The Morgan fingerprint density at radius 2 is 2.33 bits per heavy atom. The highest BCUT2D eigenvalue weighted by Crippen LogP contribution is 2.26. The number of aliphatic hydroxyl groups is 1. The first-order chi connectivity index (χ1) is 10.2. The van der Waals surface area contributed by atoms with Gasteiger partial charge in [0.05, 0.1) is 25.9 Å². The van der Waals surface area contributed by atoms with Gasteiger partial charge in [0.1, 0.15) is 5.75 Å². The van der Waals surface area contributed by atoms with Gasteiger partial charge in [-0.05, 0) is 37.9 Å². The second-order valence-electron chi connectivity index (χ2n) is 6.25. The average molecular weight is 291 g/mol. The van der Waals surface area contributed by atoms with E-state index in [0.29, 0.717) is 12.5 Å². The van der Waals surface area contributed by atoms with Crippen molar-refractivity contribution in [1.29, 1.82) is 0 Å². The van der Waals surface area contributed by atoms with Crippen molar-refractivity contribution in [2.45, 2.75) is 44.4 Å². The van der Waals surface area contributed by atoms with E-state index in [9.17, 15) is 5.11 Å². The number of ether oxygens (including phenoxy) is 2. The fourth-order valence-electron chi connectivity index (χ4n) is 3.50. The zero-order valence-electron chi connectivity index (χ0n) is 12.9. The van der Waals surface area contributed by atoms with Gasteiger partial charge in [-0.2, -0.15) is 0 Å². The van der Waals surface area contributed by atoms with Crippen LogP contribution in [-0.4, -0.2) is 55.1 Å². The Morgan fingerprint density at radius 1 is 1.48 bits per heavy atom. The maximum Gasteiger partial charge on any atom is 0.122 e. The van der Waals surface area contributed by atoms with Gasteiger partial charge in [0.25, 0.3) is 0 Å². The molecular weight excluding hydrogens is 266 g/mol. The maximum atomic E-state index is 10.6. The SMILES string of the molecule is COc1ccc(C)cc1CC(O)C1CN2CCCC2CO1. The molecule has 0 aliphatic carbocycles. The number of nitrogens with zero attached hydrogens (tertiary/aromatic N) is 1. The normalized spacial score (nSPS) is 27.4. The van der Waals surface area contributed by atoms with Gasteiger partial charge in [0.2, 0.25) is 0 Å². The summed E-state index contributed by atoms with van der Waals surface area (Å²) in [6, 6.07) is 6.65. The average Bonchev–Trinajstić information content (AvgIpc) is 2.94. The highest BCUT2D eigenvalue weighted by molar-refractivity contribution is 5.37. The summed E-state index contributed by atoms with van der Waals surface area (Å²) in [5.41, 5.74) is 2.24. The lowest BCUT2D eigenvalue weighted by Crippen LogP contribution is -2.50. The van der Waals surface area contributed by atoms with E-state index in [4.69, 9.17) is 9.47 Å². The Hall–Kier alpha value is -1.10. The van der Waals surface area contributed by atoms with Gasteiger partial charge >= 0.3 is 0 Å². The van der Waals surface area contributed by atoms with Crippen LogP contribution >= 0.6 is 0 Å². The molecule has 1 aromatic carbocycles. The summed E-state index contributed by atoms with van der Waals surface area (Å²) in [7, 11) is 1.67. The summed E-state index contributed by atoms with van der Waals surface area (Å²) in [5.74, 6) is 0.842. The minimum Gasteiger partial charge on any atom is -0.496 e. The molecule has 4 nitrogen and oxygen atoms in total. The van der Waals surface area contributed by atoms with Gasteiger partial charge in [-0.25, -0.2) is 0 Å². The quantitative estimate of drug-likeness (QED) is 0.918. The summed E-state index contributed by atoms with van der Waals surface area (Å²) >= 11 is 0. The molecule has 2 heterocycles. The van der Waals surface area contributed by atoms with Crippen LogP contribution in [0.15, 0.2) is 18.2 Å². The molecule has 1 N–H and O–H groups in total. The van der Waals surface area contributed by atoms with Gasteiger partial charge < -0.3 is 14.6 Å².